The zero-order valence-electron chi connectivity index (χ0n) is 15.8. The number of amides is 1. The molecule has 0 saturated carbocycles. The lowest BCUT2D eigenvalue weighted by molar-refractivity contribution is -0.132. The minimum absolute atomic E-state index is 0.190. The van der Waals surface area contributed by atoms with Crippen molar-refractivity contribution in [1.29, 1.82) is 0 Å². The molecular weight excluding hydrogens is 390 g/mol. The number of hydrogen-bond donors (Lipinski definition) is 1. The smallest absolute Gasteiger partial charge is 0.233 e. The summed E-state index contributed by atoms with van der Waals surface area (Å²) in [7, 11) is 0. The summed E-state index contributed by atoms with van der Waals surface area (Å²) >= 11 is 3.33. The van der Waals surface area contributed by atoms with Crippen molar-refractivity contribution >= 4 is 40.5 Å². The predicted octanol–water partition coefficient (Wildman–Crippen LogP) is 4.11. The molecule has 0 spiro atoms. The van der Waals surface area contributed by atoms with Crippen LogP contribution in [-0.4, -0.2) is 52.8 Å². The van der Waals surface area contributed by atoms with E-state index in [-0.39, 0.29) is 5.91 Å². The Kier molecular flexibility index (Phi) is 6.24. The molecular formula is C21H23N3O2S2. The van der Waals surface area contributed by atoms with E-state index in [2.05, 4.69) is 35.1 Å². The fourth-order valence-corrected chi connectivity index (χ4v) is 5.09. The Morgan fingerprint density at radius 1 is 1.14 bits per heavy atom. The summed E-state index contributed by atoms with van der Waals surface area (Å²) in [5.41, 5.74) is 4.57. The quantitative estimate of drug-likeness (QED) is 0.616. The van der Waals surface area contributed by atoms with Gasteiger partial charge in [0.25, 0.3) is 0 Å². The van der Waals surface area contributed by atoms with Crippen LogP contribution in [0.25, 0.3) is 11.0 Å². The molecule has 0 radical (unpaired) electrons. The van der Waals surface area contributed by atoms with Crippen molar-refractivity contribution in [1.82, 2.24) is 14.9 Å². The zero-order chi connectivity index (χ0) is 19.3. The van der Waals surface area contributed by atoms with E-state index in [1.165, 1.54) is 16.0 Å². The first-order valence-electron chi connectivity index (χ1n) is 9.35. The number of nitrogens with zero attached hydrogens (tertiary/aromatic N) is 2. The number of ether oxygens (including phenoxy) is 1. The van der Waals surface area contributed by atoms with Gasteiger partial charge in [0.15, 0.2) is 5.16 Å². The van der Waals surface area contributed by atoms with Gasteiger partial charge in [-0.05, 0) is 36.2 Å². The molecule has 2 aromatic carbocycles. The molecule has 2 heterocycles. The lowest BCUT2D eigenvalue weighted by Crippen LogP contribution is -2.41. The van der Waals surface area contributed by atoms with Gasteiger partial charge in [-0.2, -0.15) is 0 Å². The summed E-state index contributed by atoms with van der Waals surface area (Å²) in [4.78, 5) is 23.5. The number of carbonyl (C=O) groups is 1. The van der Waals surface area contributed by atoms with Crippen LogP contribution in [0.4, 0.5) is 0 Å². The fourth-order valence-electron chi connectivity index (χ4n) is 3.16. The van der Waals surface area contributed by atoms with Crippen LogP contribution in [0.3, 0.4) is 0 Å². The van der Waals surface area contributed by atoms with E-state index in [1.807, 2.05) is 29.2 Å². The van der Waals surface area contributed by atoms with Crippen molar-refractivity contribution < 1.29 is 9.53 Å². The second kappa shape index (κ2) is 9.03. The number of rotatable bonds is 6. The van der Waals surface area contributed by atoms with Crippen molar-refractivity contribution in [3.8, 4) is 0 Å². The molecule has 0 atom stereocenters. The Hall–Kier alpha value is -1.96. The Balaban J connectivity index is 1.38. The highest BCUT2D eigenvalue weighted by Crippen LogP contribution is 2.29. The summed E-state index contributed by atoms with van der Waals surface area (Å²) in [6.45, 7) is 4.82. The summed E-state index contributed by atoms with van der Waals surface area (Å²) < 4.78 is 5.32. The molecule has 1 N–H and O–H groups in total. The van der Waals surface area contributed by atoms with Crippen LogP contribution in [-0.2, 0) is 15.3 Å². The number of hydrogen-bond acceptors (Lipinski definition) is 5. The molecule has 0 aliphatic carbocycles. The van der Waals surface area contributed by atoms with Crippen LogP contribution in [0.15, 0.2) is 52.5 Å². The van der Waals surface area contributed by atoms with E-state index in [4.69, 9.17) is 4.74 Å². The molecule has 5 nitrogen and oxygen atoms in total. The number of aromatic amines is 1. The molecule has 1 aromatic heterocycles. The molecule has 1 saturated heterocycles. The molecule has 7 heteroatoms. The molecule has 3 aromatic rings. The molecule has 1 aliphatic rings. The van der Waals surface area contributed by atoms with Crippen molar-refractivity contribution in [2.45, 2.75) is 22.7 Å². The van der Waals surface area contributed by atoms with Gasteiger partial charge >= 0.3 is 0 Å². The minimum atomic E-state index is 0.190. The van der Waals surface area contributed by atoms with Gasteiger partial charge in [-0.25, -0.2) is 4.98 Å². The van der Waals surface area contributed by atoms with Crippen LogP contribution in [0, 0.1) is 6.92 Å². The Morgan fingerprint density at radius 3 is 2.79 bits per heavy atom. The van der Waals surface area contributed by atoms with Crippen LogP contribution in [0.1, 0.15) is 11.1 Å². The number of fused-ring (bicyclic) bond motifs is 1. The number of nitrogens with one attached hydrogen (secondary N) is 1. The maximum absolute atomic E-state index is 12.4. The minimum Gasteiger partial charge on any atom is -0.378 e. The van der Waals surface area contributed by atoms with Crippen LogP contribution in [0.2, 0.25) is 0 Å². The van der Waals surface area contributed by atoms with E-state index in [9.17, 15) is 4.79 Å². The molecule has 1 fully saturated rings. The third-order valence-corrected chi connectivity index (χ3v) is 6.91. The summed E-state index contributed by atoms with van der Waals surface area (Å²) in [5.74, 6) is 1.51. The van der Waals surface area contributed by atoms with Crippen LogP contribution in [0.5, 0.6) is 0 Å². The monoisotopic (exact) mass is 413 g/mol. The van der Waals surface area contributed by atoms with Gasteiger partial charge in [-0.3, -0.25) is 4.79 Å². The third kappa shape index (κ3) is 4.54. The number of morpholine rings is 1. The molecule has 146 valence electrons. The van der Waals surface area contributed by atoms with Gasteiger partial charge in [-0.1, -0.05) is 36.0 Å². The standard InChI is InChI=1S/C21H23N3O2S2/c1-15-16(13-28-21-22-17-6-2-3-7-18(17)23-21)5-4-8-19(15)27-14-20(25)24-9-11-26-12-10-24/h2-8H,9-14H2,1H3,(H,22,23). The normalized spacial score (nSPS) is 14.5. The highest BCUT2D eigenvalue weighted by Gasteiger charge is 2.17. The highest BCUT2D eigenvalue weighted by molar-refractivity contribution is 8.00. The maximum Gasteiger partial charge on any atom is 0.233 e. The summed E-state index contributed by atoms with van der Waals surface area (Å²) in [6, 6.07) is 14.4. The van der Waals surface area contributed by atoms with Crippen molar-refractivity contribution in [2.24, 2.45) is 0 Å². The van der Waals surface area contributed by atoms with Crippen molar-refractivity contribution in [2.75, 3.05) is 32.1 Å². The molecule has 4 rings (SSSR count). The average Bonchev–Trinajstić information content (AvgIpc) is 3.15. The number of carbonyl (C=O) groups excluding carboxylic acids is 1. The van der Waals surface area contributed by atoms with Gasteiger partial charge in [0.05, 0.1) is 30.0 Å². The Morgan fingerprint density at radius 2 is 1.96 bits per heavy atom. The molecule has 1 amide bonds. The number of aromatic nitrogens is 2. The fraction of sp³-hybridized carbons (Fsp3) is 0.333. The molecule has 0 bridgehead atoms. The SMILES string of the molecule is Cc1c(CSc2nc3ccccc3[nH]2)cccc1SCC(=O)N1CCOCC1. The van der Waals surface area contributed by atoms with Gasteiger partial charge in [0.2, 0.25) is 5.91 Å². The highest BCUT2D eigenvalue weighted by atomic mass is 32.2. The first-order chi connectivity index (χ1) is 13.7. The Labute approximate surface area is 173 Å². The Bertz CT molecular complexity index is 934. The molecule has 0 unspecified atom stereocenters. The van der Waals surface area contributed by atoms with E-state index in [0.29, 0.717) is 32.1 Å². The second-order valence-electron chi connectivity index (χ2n) is 6.67. The lowest BCUT2D eigenvalue weighted by atomic mass is 10.1. The van der Waals surface area contributed by atoms with Gasteiger partial charge in [0, 0.05) is 23.7 Å². The van der Waals surface area contributed by atoms with E-state index in [0.717, 1.165) is 21.9 Å². The lowest BCUT2D eigenvalue weighted by Gasteiger charge is -2.26. The maximum atomic E-state index is 12.4. The first-order valence-corrected chi connectivity index (χ1v) is 11.3. The average molecular weight is 414 g/mol. The summed E-state index contributed by atoms with van der Waals surface area (Å²) in [6.07, 6.45) is 0. The second-order valence-corrected chi connectivity index (χ2v) is 8.65. The van der Waals surface area contributed by atoms with E-state index >= 15 is 0 Å². The van der Waals surface area contributed by atoms with Crippen molar-refractivity contribution in [3.05, 3.63) is 53.6 Å². The topological polar surface area (TPSA) is 58.2 Å². The predicted molar refractivity (Wildman–Crippen MR) is 115 cm³/mol. The van der Waals surface area contributed by atoms with Gasteiger partial charge < -0.3 is 14.6 Å². The molecule has 1 aliphatic heterocycles. The zero-order valence-corrected chi connectivity index (χ0v) is 17.4. The first kappa shape index (κ1) is 19.4. The van der Waals surface area contributed by atoms with E-state index < -0.39 is 0 Å². The largest absolute Gasteiger partial charge is 0.378 e. The van der Waals surface area contributed by atoms with Gasteiger partial charge in [0.1, 0.15) is 0 Å². The number of benzene rings is 2. The number of thioether (sulfide) groups is 2. The van der Waals surface area contributed by atoms with Crippen molar-refractivity contribution in [3.63, 3.8) is 0 Å². The number of imidazole rings is 1. The van der Waals surface area contributed by atoms with Gasteiger partial charge in [-0.15, -0.1) is 11.8 Å². The molecule has 28 heavy (non-hydrogen) atoms. The number of H-pyrrole nitrogens is 1. The van der Waals surface area contributed by atoms with E-state index in [1.54, 1.807) is 23.5 Å². The third-order valence-electron chi connectivity index (χ3n) is 4.84. The van der Waals surface area contributed by atoms with Crippen LogP contribution >= 0.6 is 23.5 Å². The summed E-state index contributed by atoms with van der Waals surface area (Å²) in [5, 5.41) is 0.932. The van der Waals surface area contributed by atoms with Crippen LogP contribution < -0.4 is 0 Å². The number of para-hydroxylation sites is 2.